The Balaban J connectivity index is 1.86. The monoisotopic (exact) mass is 345 g/mol. The average molecular weight is 345 g/mol. The molecular formula is C16H15N3O4S. The van der Waals surface area contributed by atoms with Crippen molar-refractivity contribution in [1.29, 1.82) is 0 Å². The number of aromatic hydroxyl groups is 1. The zero-order valence-corrected chi connectivity index (χ0v) is 13.8. The number of methoxy groups -OCH3 is 1. The number of nitrogens with zero attached hydrogens (tertiary/aromatic N) is 1. The van der Waals surface area contributed by atoms with Gasteiger partial charge >= 0.3 is 0 Å². The van der Waals surface area contributed by atoms with Crippen LogP contribution in [0.4, 0.5) is 5.69 Å². The number of rotatable bonds is 4. The van der Waals surface area contributed by atoms with Crippen LogP contribution in [-0.2, 0) is 10.8 Å². The number of fused-ring (bicyclic) bond motifs is 1. The Hall–Kier alpha value is -2.87. The molecule has 0 spiro atoms. The van der Waals surface area contributed by atoms with E-state index in [9.17, 15) is 14.1 Å². The van der Waals surface area contributed by atoms with Crippen LogP contribution < -0.4 is 10.1 Å². The van der Waals surface area contributed by atoms with Crippen LogP contribution in [-0.4, -0.2) is 38.6 Å². The number of ether oxygens (including phenoxy) is 1. The predicted octanol–water partition coefficient (Wildman–Crippen LogP) is 2.27. The number of phenolic OH excluding ortho intramolecular Hbond substituents is 1. The number of hydrogen-bond acceptors (Lipinski definition) is 5. The highest BCUT2D eigenvalue weighted by Crippen LogP contribution is 2.27. The molecule has 7 nitrogen and oxygen atoms in total. The lowest BCUT2D eigenvalue weighted by molar-refractivity contribution is 0.102. The zero-order chi connectivity index (χ0) is 17.3. The van der Waals surface area contributed by atoms with Crippen LogP contribution in [0.25, 0.3) is 11.0 Å². The molecule has 8 heteroatoms. The van der Waals surface area contributed by atoms with Crippen LogP contribution in [0.5, 0.6) is 11.5 Å². The fourth-order valence-electron chi connectivity index (χ4n) is 2.22. The summed E-state index contributed by atoms with van der Waals surface area (Å²) in [4.78, 5) is 19.5. The number of carbonyl (C=O) groups excluding carboxylic acids is 1. The third kappa shape index (κ3) is 3.09. The van der Waals surface area contributed by atoms with E-state index in [0.29, 0.717) is 27.4 Å². The van der Waals surface area contributed by atoms with Gasteiger partial charge in [-0.25, -0.2) is 4.98 Å². The molecule has 1 heterocycles. The SMILES string of the molecule is COc1cc(C(=O)Nc2ccc3nc(S(C)=O)[nH]c3c2)ccc1O. The van der Waals surface area contributed by atoms with Crippen LogP contribution in [0.15, 0.2) is 41.6 Å². The molecule has 0 bridgehead atoms. The molecule has 0 radical (unpaired) electrons. The number of aromatic nitrogens is 2. The second-order valence-electron chi connectivity index (χ2n) is 5.07. The summed E-state index contributed by atoms with van der Waals surface area (Å²) in [6.07, 6.45) is 1.54. The Bertz CT molecular complexity index is 952. The van der Waals surface area contributed by atoms with Crippen molar-refractivity contribution in [2.45, 2.75) is 5.16 Å². The maximum Gasteiger partial charge on any atom is 0.255 e. The first-order valence-corrected chi connectivity index (χ1v) is 8.55. The number of benzene rings is 2. The largest absolute Gasteiger partial charge is 0.504 e. The number of carbonyl (C=O) groups is 1. The van der Waals surface area contributed by atoms with E-state index in [0.717, 1.165) is 0 Å². The average Bonchev–Trinajstić information content (AvgIpc) is 2.98. The Morgan fingerprint density at radius 2 is 2.08 bits per heavy atom. The molecule has 3 rings (SSSR count). The minimum Gasteiger partial charge on any atom is -0.504 e. The van der Waals surface area contributed by atoms with Crippen LogP contribution in [0.1, 0.15) is 10.4 Å². The number of anilines is 1. The molecule has 2 aromatic carbocycles. The van der Waals surface area contributed by atoms with Crippen molar-refractivity contribution in [3.63, 3.8) is 0 Å². The van der Waals surface area contributed by atoms with Gasteiger partial charge in [0.25, 0.3) is 5.91 Å². The van der Waals surface area contributed by atoms with Crippen molar-refractivity contribution >= 4 is 33.4 Å². The number of imidazole rings is 1. The first kappa shape index (κ1) is 16.0. The highest BCUT2D eigenvalue weighted by molar-refractivity contribution is 7.84. The molecule has 0 saturated carbocycles. The molecular weight excluding hydrogens is 330 g/mol. The highest BCUT2D eigenvalue weighted by atomic mass is 32.2. The van der Waals surface area contributed by atoms with Gasteiger partial charge in [-0.1, -0.05) is 0 Å². The van der Waals surface area contributed by atoms with Gasteiger partial charge in [0, 0.05) is 17.5 Å². The molecule has 1 atom stereocenters. The molecule has 124 valence electrons. The normalized spacial score (nSPS) is 12.1. The van der Waals surface area contributed by atoms with E-state index in [2.05, 4.69) is 15.3 Å². The second kappa shape index (κ2) is 6.32. The molecule has 0 saturated heterocycles. The van der Waals surface area contributed by atoms with Crippen molar-refractivity contribution in [2.24, 2.45) is 0 Å². The van der Waals surface area contributed by atoms with Gasteiger partial charge in [-0.2, -0.15) is 0 Å². The minimum atomic E-state index is -1.21. The van der Waals surface area contributed by atoms with Crippen LogP contribution in [0, 0.1) is 0 Å². The molecule has 3 aromatic rings. The Labute approximate surface area is 140 Å². The summed E-state index contributed by atoms with van der Waals surface area (Å²) in [5, 5.41) is 12.7. The van der Waals surface area contributed by atoms with Gasteiger partial charge in [-0.3, -0.25) is 9.00 Å². The fraction of sp³-hybridized carbons (Fsp3) is 0.125. The summed E-state index contributed by atoms with van der Waals surface area (Å²) in [5.74, 6) is -0.152. The van der Waals surface area contributed by atoms with E-state index >= 15 is 0 Å². The molecule has 0 aliphatic heterocycles. The van der Waals surface area contributed by atoms with Gasteiger partial charge in [0.15, 0.2) is 16.7 Å². The van der Waals surface area contributed by atoms with Gasteiger partial charge in [-0.05, 0) is 36.4 Å². The molecule has 24 heavy (non-hydrogen) atoms. The van der Waals surface area contributed by atoms with Gasteiger partial charge < -0.3 is 20.1 Å². The first-order chi connectivity index (χ1) is 11.5. The lowest BCUT2D eigenvalue weighted by atomic mass is 10.2. The summed E-state index contributed by atoms with van der Waals surface area (Å²) in [6.45, 7) is 0. The summed E-state index contributed by atoms with van der Waals surface area (Å²) < 4.78 is 16.5. The topological polar surface area (TPSA) is 104 Å². The lowest BCUT2D eigenvalue weighted by Gasteiger charge is -2.08. The molecule has 0 aliphatic rings. The molecule has 1 aromatic heterocycles. The summed E-state index contributed by atoms with van der Waals surface area (Å²) >= 11 is 0. The maximum absolute atomic E-state index is 12.3. The van der Waals surface area contributed by atoms with E-state index in [1.54, 1.807) is 24.5 Å². The third-order valence-electron chi connectivity index (χ3n) is 3.43. The number of amides is 1. The minimum absolute atomic E-state index is 0.0342. The summed E-state index contributed by atoms with van der Waals surface area (Å²) in [5.41, 5.74) is 2.27. The van der Waals surface area contributed by atoms with Crippen molar-refractivity contribution in [3.05, 3.63) is 42.0 Å². The standard InChI is InChI=1S/C16H15N3O4S/c1-23-14-7-9(3-6-13(14)20)15(21)17-10-4-5-11-12(8-10)19-16(18-11)24(2)22/h3-8,20H,1-2H3,(H,17,21)(H,18,19). The number of aromatic amines is 1. The van der Waals surface area contributed by atoms with Crippen LogP contribution in [0.2, 0.25) is 0 Å². The van der Waals surface area contributed by atoms with Gasteiger partial charge in [-0.15, -0.1) is 0 Å². The smallest absolute Gasteiger partial charge is 0.255 e. The second-order valence-corrected chi connectivity index (χ2v) is 6.36. The van der Waals surface area contributed by atoms with Crippen molar-refractivity contribution in [3.8, 4) is 11.5 Å². The van der Waals surface area contributed by atoms with Gasteiger partial charge in [0.1, 0.15) is 0 Å². The predicted molar refractivity (Wildman–Crippen MR) is 91.0 cm³/mol. The van der Waals surface area contributed by atoms with E-state index in [-0.39, 0.29) is 17.4 Å². The van der Waals surface area contributed by atoms with Crippen molar-refractivity contribution in [1.82, 2.24) is 9.97 Å². The van der Waals surface area contributed by atoms with Gasteiger partial charge in [0.2, 0.25) is 0 Å². The number of phenols is 1. The van der Waals surface area contributed by atoms with Gasteiger partial charge in [0.05, 0.1) is 28.9 Å². The van der Waals surface area contributed by atoms with Crippen molar-refractivity contribution in [2.75, 3.05) is 18.7 Å². The maximum atomic E-state index is 12.3. The zero-order valence-electron chi connectivity index (χ0n) is 13.0. The Morgan fingerprint density at radius 1 is 1.29 bits per heavy atom. The van der Waals surface area contributed by atoms with E-state index in [1.807, 2.05) is 0 Å². The molecule has 0 aliphatic carbocycles. The number of nitrogens with one attached hydrogen (secondary N) is 2. The van der Waals surface area contributed by atoms with Crippen molar-refractivity contribution < 1.29 is 18.8 Å². The molecule has 1 amide bonds. The molecule has 1 unspecified atom stereocenters. The number of hydrogen-bond donors (Lipinski definition) is 3. The molecule has 3 N–H and O–H groups in total. The van der Waals surface area contributed by atoms with E-state index < -0.39 is 10.8 Å². The summed E-state index contributed by atoms with van der Waals surface area (Å²) in [6, 6.07) is 9.51. The fourth-order valence-corrected chi connectivity index (χ4v) is 2.70. The van der Waals surface area contributed by atoms with E-state index in [1.165, 1.54) is 25.3 Å². The van der Waals surface area contributed by atoms with Crippen LogP contribution >= 0.6 is 0 Å². The molecule has 0 fully saturated rings. The summed E-state index contributed by atoms with van der Waals surface area (Å²) in [7, 11) is 0.209. The van der Waals surface area contributed by atoms with E-state index in [4.69, 9.17) is 4.74 Å². The first-order valence-electron chi connectivity index (χ1n) is 6.99. The third-order valence-corrected chi connectivity index (χ3v) is 4.17. The highest BCUT2D eigenvalue weighted by Gasteiger charge is 2.11. The number of H-pyrrole nitrogens is 1. The van der Waals surface area contributed by atoms with Crippen LogP contribution in [0.3, 0.4) is 0 Å². The quantitative estimate of drug-likeness (QED) is 0.673. The Morgan fingerprint density at radius 3 is 2.79 bits per heavy atom. The lowest BCUT2D eigenvalue weighted by Crippen LogP contribution is -2.11. The Kier molecular flexibility index (Phi) is 4.22.